The highest BCUT2D eigenvalue weighted by Crippen LogP contribution is 2.35. The van der Waals surface area contributed by atoms with Gasteiger partial charge >= 0.3 is 0 Å². The number of anilines is 2. The lowest BCUT2D eigenvalue weighted by Crippen LogP contribution is -2.31. The molecule has 0 radical (unpaired) electrons. The second-order valence-corrected chi connectivity index (χ2v) is 4.77. The van der Waals surface area contributed by atoms with Crippen LogP contribution in [0.2, 0.25) is 0 Å². The molecule has 1 heterocycles. The summed E-state index contributed by atoms with van der Waals surface area (Å²) in [5, 5.41) is 0. The van der Waals surface area contributed by atoms with E-state index in [2.05, 4.69) is 17.0 Å². The first-order chi connectivity index (χ1) is 7.34. The molecule has 2 aliphatic rings. The average Bonchev–Trinajstić information content (AvgIpc) is 2.83. The number of fused-ring (bicyclic) bond motifs is 1. The van der Waals surface area contributed by atoms with Gasteiger partial charge in [-0.25, -0.2) is 0 Å². The van der Waals surface area contributed by atoms with Gasteiger partial charge in [-0.1, -0.05) is 18.9 Å². The van der Waals surface area contributed by atoms with E-state index in [9.17, 15) is 0 Å². The highest BCUT2D eigenvalue weighted by Gasteiger charge is 2.27. The van der Waals surface area contributed by atoms with Crippen molar-refractivity contribution in [1.82, 2.24) is 0 Å². The van der Waals surface area contributed by atoms with Gasteiger partial charge in [-0.05, 0) is 37.0 Å². The van der Waals surface area contributed by atoms with Gasteiger partial charge in [-0.15, -0.1) is 0 Å². The van der Waals surface area contributed by atoms with Crippen LogP contribution in [0, 0.1) is 0 Å². The van der Waals surface area contributed by atoms with Crippen LogP contribution in [0.5, 0.6) is 0 Å². The van der Waals surface area contributed by atoms with Gasteiger partial charge in [0.05, 0.1) is 0 Å². The minimum Gasteiger partial charge on any atom is -0.399 e. The molecule has 80 valence electrons. The van der Waals surface area contributed by atoms with E-state index in [1.807, 2.05) is 6.07 Å². The summed E-state index contributed by atoms with van der Waals surface area (Å²) >= 11 is 0. The van der Waals surface area contributed by atoms with Crippen LogP contribution in [0.4, 0.5) is 11.4 Å². The Balaban J connectivity index is 1.92. The van der Waals surface area contributed by atoms with Crippen LogP contribution in [-0.4, -0.2) is 12.6 Å². The number of nitrogens with zero attached hydrogens (tertiary/aromatic N) is 1. The highest BCUT2D eigenvalue weighted by molar-refractivity contribution is 5.64. The summed E-state index contributed by atoms with van der Waals surface area (Å²) in [6.07, 6.45) is 6.74. The summed E-state index contributed by atoms with van der Waals surface area (Å²) < 4.78 is 0. The Morgan fingerprint density at radius 1 is 1.20 bits per heavy atom. The molecule has 1 aliphatic heterocycles. The van der Waals surface area contributed by atoms with Crippen molar-refractivity contribution < 1.29 is 0 Å². The van der Waals surface area contributed by atoms with Gasteiger partial charge in [0.25, 0.3) is 0 Å². The summed E-state index contributed by atoms with van der Waals surface area (Å²) in [6.45, 7) is 1.20. The van der Waals surface area contributed by atoms with Crippen molar-refractivity contribution in [2.24, 2.45) is 0 Å². The molecule has 0 atom stereocenters. The Kier molecular flexibility index (Phi) is 2.08. The summed E-state index contributed by atoms with van der Waals surface area (Å²) in [5.41, 5.74) is 9.65. The quantitative estimate of drug-likeness (QED) is 0.709. The molecule has 0 aromatic heterocycles. The van der Waals surface area contributed by atoms with E-state index >= 15 is 0 Å². The van der Waals surface area contributed by atoms with Gasteiger partial charge < -0.3 is 10.6 Å². The van der Waals surface area contributed by atoms with Crippen LogP contribution in [-0.2, 0) is 6.42 Å². The van der Waals surface area contributed by atoms with E-state index in [0.29, 0.717) is 0 Å². The van der Waals surface area contributed by atoms with Crippen LogP contribution >= 0.6 is 0 Å². The van der Waals surface area contributed by atoms with Gasteiger partial charge in [0, 0.05) is 24.0 Å². The van der Waals surface area contributed by atoms with Gasteiger partial charge in [0.2, 0.25) is 0 Å². The molecule has 15 heavy (non-hydrogen) atoms. The number of nitrogens with two attached hydrogens (primary N) is 1. The molecule has 0 unspecified atom stereocenters. The molecule has 2 N–H and O–H groups in total. The second kappa shape index (κ2) is 3.44. The fourth-order valence-corrected chi connectivity index (χ4v) is 3.02. The smallest absolute Gasteiger partial charge is 0.0422 e. The molecule has 1 saturated carbocycles. The molecule has 0 bridgehead atoms. The lowest BCUT2D eigenvalue weighted by molar-refractivity contribution is 0.625. The molecule has 2 nitrogen and oxygen atoms in total. The molecule has 0 saturated heterocycles. The topological polar surface area (TPSA) is 29.3 Å². The first kappa shape index (κ1) is 9.08. The van der Waals surface area contributed by atoms with E-state index in [0.717, 1.165) is 11.7 Å². The first-order valence-electron chi connectivity index (χ1n) is 5.99. The Labute approximate surface area is 91.1 Å². The van der Waals surface area contributed by atoms with E-state index in [-0.39, 0.29) is 0 Å². The zero-order chi connectivity index (χ0) is 10.3. The van der Waals surface area contributed by atoms with Crippen molar-refractivity contribution in [3.8, 4) is 0 Å². The number of rotatable bonds is 1. The molecule has 3 rings (SSSR count). The number of hydrogen-bond acceptors (Lipinski definition) is 2. The summed E-state index contributed by atoms with van der Waals surface area (Å²) in [6, 6.07) is 7.16. The molecule has 1 aliphatic carbocycles. The molecular formula is C13H18N2. The Morgan fingerprint density at radius 2 is 2.00 bits per heavy atom. The minimum absolute atomic E-state index is 0.785. The molecule has 0 spiro atoms. The third-order valence-electron chi connectivity index (χ3n) is 3.81. The summed E-state index contributed by atoms with van der Waals surface area (Å²) in [5.74, 6) is 0. The first-order valence-corrected chi connectivity index (χ1v) is 5.99. The van der Waals surface area contributed by atoms with E-state index in [1.54, 1.807) is 0 Å². The van der Waals surface area contributed by atoms with Crippen molar-refractivity contribution in [2.75, 3.05) is 17.2 Å². The third-order valence-corrected chi connectivity index (χ3v) is 3.81. The van der Waals surface area contributed by atoms with Gasteiger partial charge in [0.1, 0.15) is 0 Å². The Bertz CT molecular complexity index is 367. The summed E-state index contributed by atoms with van der Waals surface area (Å²) in [4.78, 5) is 2.58. The molecule has 0 amide bonds. The highest BCUT2D eigenvalue weighted by atomic mass is 15.2. The van der Waals surface area contributed by atoms with Crippen molar-refractivity contribution in [3.63, 3.8) is 0 Å². The predicted molar refractivity (Wildman–Crippen MR) is 64.2 cm³/mol. The molecule has 1 fully saturated rings. The lowest BCUT2D eigenvalue weighted by atomic mass is 10.1. The Morgan fingerprint density at radius 3 is 2.80 bits per heavy atom. The predicted octanol–water partition coefficient (Wildman–Crippen LogP) is 2.57. The standard InChI is InChI=1S/C13H18N2/c14-11-6-5-10-7-8-15(13(10)9-11)12-3-1-2-4-12/h5-6,9,12H,1-4,7-8,14H2. The minimum atomic E-state index is 0.785. The maximum atomic E-state index is 5.87. The Hall–Kier alpha value is -1.18. The third kappa shape index (κ3) is 1.48. The number of benzene rings is 1. The van der Waals surface area contributed by atoms with E-state index in [1.165, 1.54) is 49.9 Å². The van der Waals surface area contributed by atoms with Gasteiger partial charge in [-0.3, -0.25) is 0 Å². The van der Waals surface area contributed by atoms with E-state index < -0.39 is 0 Å². The SMILES string of the molecule is Nc1ccc2c(c1)N(C1CCCC1)CC2. The zero-order valence-corrected chi connectivity index (χ0v) is 9.08. The van der Waals surface area contributed by atoms with Crippen molar-refractivity contribution in [2.45, 2.75) is 38.1 Å². The van der Waals surface area contributed by atoms with Crippen LogP contribution in [0.25, 0.3) is 0 Å². The zero-order valence-electron chi connectivity index (χ0n) is 9.08. The van der Waals surface area contributed by atoms with Crippen molar-refractivity contribution in [1.29, 1.82) is 0 Å². The van der Waals surface area contributed by atoms with Crippen LogP contribution in [0.3, 0.4) is 0 Å². The van der Waals surface area contributed by atoms with Crippen molar-refractivity contribution in [3.05, 3.63) is 23.8 Å². The normalized spacial score (nSPS) is 20.9. The summed E-state index contributed by atoms with van der Waals surface area (Å²) in [7, 11) is 0. The molecular weight excluding hydrogens is 184 g/mol. The van der Waals surface area contributed by atoms with Crippen molar-refractivity contribution >= 4 is 11.4 Å². The molecule has 2 heteroatoms. The lowest BCUT2D eigenvalue weighted by Gasteiger charge is -2.26. The van der Waals surface area contributed by atoms with Crippen LogP contribution in [0.1, 0.15) is 31.2 Å². The monoisotopic (exact) mass is 202 g/mol. The second-order valence-electron chi connectivity index (χ2n) is 4.77. The maximum Gasteiger partial charge on any atom is 0.0422 e. The van der Waals surface area contributed by atoms with Crippen LogP contribution < -0.4 is 10.6 Å². The fourth-order valence-electron chi connectivity index (χ4n) is 3.02. The average molecular weight is 202 g/mol. The van der Waals surface area contributed by atoms with Gasteiger partial charge in [-0.2, -0.15) is 0 Å². The van der Waals surface area contributed by atoms with Crippen LogP contribution in [0.15, 0.2) is 18.2 Å². The number of hydrogen-bond donors (Lipinski definition) is 1. The molecule has 1 aromatic carbocycles. The van der Waals surface area contributed by atoms with Gasteiger partial charge in [0.15, 0.2) is 0 Å². The van der Waals surface area contributed by atoms with E-state index in [4.69, 9.17) is 5.73 Å². The number of nitrogen functional groups attached to an aromatic ring is 1. The largest absolute Gasteiger partial charge is 0.399 e. The fraction of sp³-hybridized carbons (Fsp3) is 0.538. The maximum absolute atomic E-state index is 5.87. The molecule has 1 aromatic rings.